The number of hydrogen-bond acceptors (Lipinski definition) is 4. The van der Waals surface area contributed by atoms with Crippen molar-refractivity contribution in [3.8, 4) is 5.75 Å². The molecule has 0 amide bonds. The van der Waals surface area contributed by atoms with E-state index in [0.29, 0.717) is 17.4 Å². The summed E-state index contributed by atoms with van der Waals surface area (Å²) in [6.07, 6.45) is 4.37. The molecule has 100 valence electrons. The Hall–Kier alpha value is -2.14. The number of nitrogens with zero attached hydrogens (tertiary/aromatic N) is 4. The van der Waals surface area contributed by atoms with Crippen LogP contribution in [0.1, 0.15) is 17.3 Å². The van der Waals surface area contributed by atoms with E-state index in [1.807, 2.05) is 28.8 Å². The van der Waals surface area contributed by atoms with Crippen LogP contribution in [0.25, 0.3) is 5.65 Å². The Morgan fingerprint density at radius 1 is 1.25 bits per heavy atom. The van der Waals surface area contributed by atoms with E-state index in [1.165, 1.54) is 5.56 Å². The molecule has 0 bridgehead atoms. The summed E-state index contributed by atoms with van der Waals surface area (Å²) >= 11 is 6.02. The van der Waals surface area contributed by atoms with E-state index in [9.17, 15) is 0 Å². The van der Waals surface area contributed by atoms with Crippen molar-refractivity contribution >= 4 is 17.2 Å². The van der Waals surface area contributed by atoms with Gasteiger partial charge in [0.25, 0.3) is 0 Å². The number of aromatic nitrogens is 4. The SMILES string of the molecule is Clc1nccn2c(C3COc4ccccc4C3)nnc12. The standard InChI is InChI=1S/C14H11ClN4O/c15-12-14-18-17-13(19(14)6-5-16-12)10-7-9-3-1-2-4-11(9)20-8-10/h1-6,10H,7-8H2. The second-order valence-electron chi connectivity index (χ2n) is 4.79. The topological polar surface area (TPSA) is 52.3 Å². The zero-order chi connectivity index (χ0) is 13.5. The Balaban J connectivity index is 1.76. The molecule has 5 nitrogen and oxygen atoms in total. The van der Waals surface area contributed by atoms with Gasteiger partial charge in [0.15, 0.2) is 10.8 Å². The van der Waals surface area contributed by atoms with Crippen LogP contribution in [0, 0.1) is 0 Å². The van der Waals surface area contributed by atoms with E-state index < -0.39 is 0 Å². The van der Waals surface area contributed by atoms with Crippen LogP contribution in [-0.4, -0.2) is 26.2 Å². The summed E-state index contributed by atoms with van der Waals surface area (Å²) in [5, 5.41) is 8.74. The maximum atomic E-state index is 6.02. The fourth-order valence-electron chi connectivity index (χ4n) is 2.59. The first-order valence-corrected chi connectivity index (χ1v) is 6.76. The molecule has 1 aromatic carbocycles. The number of halogens is 1. The maximum Gasteiger partial charge on any atom is 0.198 e. The minimum atomic E-state index is 0.165. The highest BCUT2D eigenvalue weighted by molar-refractivity contribution is 6.32. The lowest BCUT2D eigenvalue weighted by atomic mass is 9.96. The average molecular weight is 287 g/mol. The van der Waals surface area contributed by atoms with Gasteiger partial charge in [0.2, 0.25) is 0 Å². The maximum absolute atomic E-state index is 6.02. The lowest BCUT2D eigenvalue weighted by molar-refractivity contribution is 0.257. The van der Waals surface area contributed by atoms with Gasteiger partial charge >= 0.3 is 0 Å². The predicted octanol–water partition coefficient (Wildman–Crippen LogP) is 2.50. The zero-order valence-corrected chi connectivity index (χ0v) is 11.3. The van der Waals surface area contributed by atoms with Crippen LogP contribution in [0.15, 0.2) is 36.7 Å². The van der Waals surface area contributed by atoms with Crippen molar-refractivity contribution in [3.63, 3.8) is 0 Å². The van der Waals surface area contributed by atoms with Crippen molar-refractivity contribution in [1.29, 1.82) is 0 Å². The quantitative estimate of drug-likeness (QED) is 0.690. The highest BCUT2D eigenvalue weighted by Gasteiger charge is 2.25. The molecule has 0 saturated carbocycles. The summed E-state index contributed by atoms with van der Waals surface area (Å²) in [5.74, 6) is 1.98. The molecule has 4 rings (SSSR count). The Morgan fingerprint density at radius 2 is 2.15 bits per heavy atom. The van der Waals surface area contributed by atoms with Gasteiger partial charge in [0.05, 0.1) is 12.5 Å². The Bertz CT molecular complexity index is 786. The highest BCUT2D eigenvalue weighted by Crippen LogP contribution is 2.31. The fraction of sp³-hybridized carbons (Fsp3) is 0.214. The third-order valence-electron chi connectivity index (χ3n) is 3.55. The molecule has 0 saturated heterocycles. The third kappa shape index (κ3) is 1.74. The van der Waals surface area contributed by atoms with E-state index in [0.717, 1.165) is 18.0 Å². The van der Waals surface area contributed by atoms with Crippen LogP contribution in [-0.2, 0) is 6.42 Å². The Kier molecular flexibility index (Phi) is 2.60. The zero-order valence-electron chi connectivity index (χ0n) is 10.5. The van der Waals surface area contributed by atoms with Gasteiger partial charge < -0.3 is 4.74 Å². The predicted molar refractivity (Wildman–Crippen MR) is 74.2 cm³/mol. The van der Waals surface area contributed by atoms with Crippen molar-refractivity contribution in [2.75, 3.05) is 6.61 Å². The first-order valence-electron chi connectivity index (χ1n) is 6.39. The smallest absolute Gasteiger partial charge is 0.198 e. The van der Waals surface area contributed by atoms with Gasteiger partial charge in [-0.15, -0.1) is 10.2 Å². The first-order chi connectivity index (χ1) is 9.83. The second-order valence-corrected chi connectivity index (χ2v) is 5.15. The van der Waals surface area contributed by atoms with Gasteiger partial charge in [-0.2, -0.15) is 0 Å². The van der Waals surface area contributed by atoms with E-state index in [4.69, 9.17) is 16.3 Å². The van der Waals surface area contributed by atoms with Gasteiger partial charge in [0, 0.05) is 12.4 Å². The van der Waals surface area contributed by atoms with Gasteiger partial charge in [-0.3, -0.25) is 4.40 Å². The minimum absolute atomic E-state index is 0.165. The molecular weight excluding hydrogens is 276 g/mol. The molecule has 0 fully saturated rings. The molecule has 0 spiro atoms. The lowest BCUT2D eigenvalue weighted by Crippen LogP contribution is -2.21. The van der Waals surface area contributed by atoms with Gasteiger partial charge in [-0.1, -0.05) is 29.8 Å². The lowest BCUT2D eigenvalue weighted by Gasteiger charge is -2.24. The van der Waals surface area contributed by atoms with Gasteiger partial charge in [-0.05, 0) is 18.1 Å². The number of benzene rings is 1. The van der Waals surface area contributed by atoms with E-state index in [2.05, 4.69) is 21.2 Å². The van der Waals surface area contributed by atoms with Crippen molar-refractivity contribution < 1.29 is 4.74 Å². The molecule has 6 heteroatoms. The summed E-state index contributed by atoms with van der Waals surface area (Å²) in [5.41, 5.74) is 1.78. The molecule has 1 unspecified atom stereocenters. The summed E-state index contributed by atoms with van der Waals surface area (Å²) in [6.45, 7) is 0.595. The molecule has 1 atom stereocenters. The minimum Gasteiger partial charge on any atom is -0.493 e. The molecule has 1 aliphatic rings. The Morgan fingerprint density at radius 3 is 3.10 bits per heavy atom. The highest BCUT2D eigenvalue weighted by atomic mass is 35.5. The monoisotopic (exact) mass is 286 g/mol. The summed E-state index contributed by atoms with van der Waals surface area (Å²) in [4.78, 5) is 4.01. The number of rotatable bonds is 1. The van der Waals surface area contributed by atoms with Crippen LogP contribution in [0.2, 0.25) is 5.15 Å². The van der Waals surface area contributed by atoms with Crippen molar-refractivity contribution in [2.24, 2.45) is 0 Å². The van der Waals surface area contributed by atoms with Crippen LogP contribution < -0.4 is 4.74 Å². The number of fused-ring (bicyclic) bond motifs is 2. The molecule has 0 radical (unpaired) electrons. The number of ether oxygens (including phenoxy) is 1. The largest absolute Gasteiger partial charge is 0.493 e. The molecule has 3 aromatic rings. The number of para-hydroxylation sites is 1. The average Bonchev–Trinajstić information content (AvgIpc) is 2.92. The van der Waals surface area contributed by atoms with E-state index >= 15 is 0 Å². The normalized spacial score (nSPS) is 17.8. The Labute approximate surface area is 120 Å². The molecule has 2 aromatic heterocycles. The molecule has 3 heterocycles. The van der Waals surface area contributed by atoms with Crippen LogP contribution in [0.5, 0.6) is 5.75 Å². The summed E-state index contributed by atoms with van der Waals surface area (Å²) in [6, 6.07) is 8.08. The molecule has 0 aliphatic carbocycles. The van der Waals surface area contributed by atoms with Crippen molar-refractivity contribution in [2.45, 2.75) is 12.3 Å². The first kappa shape index (κ1) is 11.7. The number of hydrogen-bond donors (Lipinski definition) is 0. The van der Waals surface area contributed by atoms with Crippen molar-refractivity contribution in [1.82, 2.24) is 19.6 Å². The molecule has 1 aliphatic heterocycles. The molecule has 20 heavy (non-hydrogen) atoms. The fourth-order valence-corrected chi connectivity index (χ4v) is 2.77. The second kappa shape index (κ2) is 4.45. The van der Waals surface area contributed by atoms with Gasteiger partial charge in [-0.25, -0.2) is 4.98 Å². The van der Waals surface area contributed by atoms with Crippen LogP contribution in [0.4, 0.5) is 0 Å². The van der Waals surface area contributed by atoms with Crippen LogP contribution in [0.3, 0.4) is 0 Å². The molecule has 0 N–H and O–H groups in total. The van der Waals surface area contributed by atoms with Crippen molar-refractivity contribution in [3.05, 3.63) is 53.2 Å². The van der Waals surface area contributed by atoms with Crippen LogP contribution >= 0.6 is 11.6 Å². The summed E-state index contributed by atoms with van der Waals surface area (Å²) < 4.78 is 7.70. The molecular formula is C14H11ClN4O. The summed E-state index contributed by atoms with van der Waals surface area (Å²) in [7, 11) is 0. The van der Waals surface area contributed by atoms with E-state index in [1.54, 1.807) is 6.20 Å². The van der Waals surface area contributed by atoms with E-state index in [-0.39, 0.29) is 5.92 Å². The third-order valence-corrected chi connectivity index (χ3v) is 3.82. The van der Waals surface area contributed by atoms with Gasteiger partial charge in [0.1, 0.15) is 11.6 Å².